The van der Waals surface area contributed by atoms with E-state index in [0.29, 0.717) is 22.7 Å². The van der Waals surface area contributed by atoms with Crippen molar-refractivity contribution in [2.24, 2.45) is 11.8 Å². The molecule has 1 aliphatic heterocycles. The van der Waals surface area contributed by atoms with Crippen LogP contribution in [-0.2, 0) is 0 Å². The highest BCUT2D eigenvalue weighted by Gasteiger charge is 2.30. The summed E-state index contributed by atoms with van der Waals surface area (Å²) in [7, 11) is 2.20. The highest BCUT2D eigenvalue weighted by Crippen LogP contribution is 2.37. The van der Waals surface area contributed by atoms with E-state index >= 15 is 0 Å². The van der Waals surface area contributed by atoms with Gasteiger partial charge < -0.3 is 10.2 Å². The smallest absolute Gasteiger partial charge is 0.101 e. The molecule has 2 saturated carbocycles. The number of nitrogens with one attached hydrogen (secondary N) is 1. The number of benzene rings is 1. The van der Waals surface area contributed by atoms with Gasteiger partial charge in [-0.3, -0.25) is 0 Å². The molecule has 0 saturated heterocycles. The molecule has 1 heterocycles. The van der Waals surface area contributed by atoms with Crippen LogP contribution in [0.1, 0.15) is 89.7 Å². The number of allylic oxidation sites excluding steroid dienone is 1. The van der Waals surface area contributed by atoms with Crippen LogP contribution in [0.25, 0.3) is 0 Å². The Morgan fingerprint density at radius 1 is 1.10 bits per heavy atom. The molecule has 0 spiro atoms. The van der Waals surface area contributed by atoms with Crippen molar-refractivity contribution in [3.63, 3.8) is 0 Å². The van der Waals surface area contributed by atoms with Crippen molar-refractivity contribution < 1.29 is 0 Å². The topological polar surface area (TPSA) is 39.1 Å². The van der Waals surface area contributed by atoms with Gasteiger partial charge in [-0.1, -0.05) is 57.7 Å². The maximum Gasteiger partial charge on any atom is 0.101 e. The lowest BCUT2D eigenvalue weighted by Crippen LogP contribution is -2.42. The number of rotatable bonds is 2. The minimum absolute atomic E-state index is 0.572. The Balaban J connectivity index is 0.000000191. The molecule has 1 aromatic rings. The van der Waals surface area contributed by atoms with Gasteiger partial charge in [0.2, 0.25) is 0 Å². The predicted molar refractivity (Wildman–Crippen MR) is 124 cm³/mol. The van der Waals surface area contributed by atoms with Crippen molar-refractivity contribution in [1.29, 1.82) is 5.26 Å². The molecule has 1 N–H and O–H groups in total. The fraction of sp³-hybridized carbons (Fsp3) is 0.640. The Morgan fingerprint density at radius 3 is 2.21 bits per heavy atom. The van der Waals surface area contributed by atoms with E-state index in [0.717, 1.165) is 11.8 Å². The summed E-state index contributed by atoms with van der Waals surface area (Å²) in [5.74, 6) is 2.49. The third-order valence-corrected chi connectivity index (χ3v) is 6.95. The van der Waals surface area contributed by atoms with Gasteiger partial charge in [0.25, 0.3) is 0 Å². The van der Waals surface area contributed by atoms with Crippen LogP contribution in [0.3, 0.4) is 0 Å². The summed E-state index contributed by atoms with van der Waals surface area (Å²) in [6.45, 7) is 8.56. The Bertz CT molecular complexity index is 709. The van der Waals surface area contributed by atoms with Gasteiger partial charge in [0.15, 0.2) is 0 Å². The van der Waals surface area contributed by atoms with E-state index in [1.807, 2.05) is 32.0 Å². The third kappa shape index (κ3) is 6.16. The van der Waals surface area contributed by atoms with Crippen LogP contribution in [-0.4, -0.2) is 18.1 Å². The van der Waals surface area contributed by atoms with Crippen molar-refractivity contribution in [3.8, 4) is 6.07 Å². The van der Waals surface area contributed by atoms with Gasteiger partial charge in [-0.2, -0.15) is 5.26 Å². The monoisotopic (exact) mass is 415 g/mol. The molecule has 1 unspecified atom stereocenters. The fourth-order valence-corrected chi connectivity index (χ4v) is 4.54. The van der Waals surface area contributed by atoms with Crippen molar-refractivity contribution >= 4 is 11.6 Å². The molecule has 160 valence electrons. The van der Waals surface area contributed by atoms with E-state index in [9.17, 15) is 0 Å². The first kappa shape index (κ1) is 23.6. The molecule has 4 heteroatoms. The van der Waals surface area contributed by atoms with E-state index in [2.05, 4.69) is 43.4 Å². The molecule has 29 heavy (non-hydrogen) atoms. The summed E-state index contributed by atoms with van der Waals surface area (Å²) in [6.07, 6.45) is 12.2. The van der Waals surface area contributed by atoms with E-state index in [4.69, 9.17) is 16.9 Å². The first-order valence-corrected chi connectivity index (χ1v) is 11.7. The quantitative estimate of drug-likeness (QED) is 0.562. The van der Waals surface area contributed by atoms with Crippen LogP contribution < -0.4 is 5.32 Å². The number of hydrogen-bond acceptors (Lipinski definition) is 3. The maximum atomic E-state index is 8.68. The Labute approximate surface area is 183 Å². The van der Waals surface area contributed by atoms with Gasteiger partial charge in [-0.25, -0.2) is 0 Å². The zero-order valence-electron chi connectivity index (χ0n) is 18.8. The van der Waals surface area contributed by atoms with Gasteiger partial charge in [-0.15, -0.1) is 0 Å². The predicted octanol–water partition coefficient (Wildman–Crippen LogP) is 7.04. The molecule has 0 aromatic heterocycles. The van der Waals surface area contributed by atoms with Crippen molar-refractivity contribution in [3.05, 3.63) is 46.2 Å². The molecule has 1 aromatic carbocycles. The Hall–Kier alpha value is -1.66. The molecule has 1 atom stereocenters. The van der Waals surface area contributed by atoms with Gasteiger partial charge in [0, 0.05) is 18.9 Å². The second-order valence-electron chi connectivity index (χ2n) is 8.51. The molecule has 2 aliphatic carbocycles. The van der Waals surface area contributed by atoms with Crippen LogP contribution in [0.2, 0.25) is 5.02 Å². The Kier molecular flexibility index (Phi) is 9.37. The number of halogens is 1. The third-order valence-electron chi connectivity index (χ3n) is 6.63. The van der Waals surface area contributed by atoms with Gasteiger partial charge in [0.1, 0.15) is 12.2 Å². The van der Waals surface area contributed by atoms with Crippen LogP contribution in [0.15, 0.2) is 30.1 Å². The number of nitrogens with zero attached hydrogens (tertiary/aromatic N) is 2. The van der Waals surface area contributed by atoms with Crippen molar-refractivity contribution in [2.75, 3.05) is 7.05 Å². The number of hydrogen-bond donors (Lipinski definition) is 1. The largest absolute Gasteiger partial charge is 0.370 e. The van der Waals surface area contributed by atoms with E-state index in [1.165, 1.54) is 56.2 Å². The van der Waals surface area contributed by atoms with Crippen LogP contribution in [0, 0.1) is 23.2 Å². The average Bonchev–Trinajstić information content (AvgIpc) is 3.02. The van der Waals surface area contributed by atoms with E-state index < -0.39 is 0 Å². The minimum atomic E-state index is 0.572. The molecule has 3 nitrogen and oxygen atoms in total. The standard InChI is InChI=1S/C12H22N2.C11H10ClN.C2H6/c1-9-4-6-11(7-5-9)12-13-8-10(2)14(12)3;12-11-6-9(8-2-1-3-8)4-5-10(11)7-13;1-2/h8-9,11-13H,4-7H2,1-3H3;4-6,8H,1-3H2;1-2H3. The molecule has 0 radical (unpaired) electrons. The van der Waals surface area contributed by atoms with Gasteiger partial charge in [0.05, 0.1) is 10.6 Å². The molecule has 3 aliphatic rings. The summed E-state index contributed by atoms with van der Waals surface area (Å²) >= 11 is 5.93. The van der Waals surface area contributed by atoms with Crippen molar-refractivity contribution in [2.45, 2.75) is 84.7 Å². The lowest BCUT2D eigenvalue weighted by molar-refractivity contribution is 0.158. The lowest BCUT2D eigenvalue weighted by Gasteiger charge is -2.35. The van der Waals surface area contributed by atoms with Crippen LogP contribution >= 0.6 is 11.6 Å². The first-order valence-electron chi connectivity index (χ1n) is 11.3. The number of nitriles is 1. The van der Waals surface area contributed by atoms with E-state index in [1.54, 1.807) is 0 Å². The minimum Gasteiger partial charge on any atom is -0.370 e. The van der Waals surface area contributed by atoms with Crippen LogP contribution in [0.5, 0.6) is 0 Å². The maximum absolute atomic E-state index is 8.68. The first-order chi connectivity index (χ1) is 14.0. The van der Waals surface area contributed by atoms with Gasteiger partial charge in [-0.05, 0) is 68.1 Å². The molecule has 2 fully saturated rings. The zero-order chi connectivity index (χ0) is 21.4. The summed E-state index contributed by atoms with van der Waals surface area (Å²) in [4.78, 5) is 2.39. The highest BCUT2D eigenvalue weighted by molar-refractivity contribution is 6.31. The zero-order valence-corrected chi connectivity index (χ0v) is 19.6. The van der Waals surface area contributed by atoms with E-state index in [-0.39, 0.29) is 0 Å². The van der Waals surface area contributed by atoms with Crippen LogP contribution in [0.4, 0.5) is 0 Å². The Morgan fingerprint density at radius 2 is 1.76 bits per heavy atom. The summed E-state index contributed by atoms with van der Waals surface area (Å²) in [5, 5.41) is 12.8. The fourth-order valence-electron chi connectivity index (χ4n) is 4.31. The molecule has 0 amide bonds. The highest BCUT2D eigenvalue weighted by atomic mass is 35.5. The molecular formula is C25H38ClN3. The van der Waals surface area contributed by atoms with Crippen molar-refractivity contribution in [1.82, 2.24) is 10.2 Å². The SMILES string of the molecule is CC.CC1=CNC(C2CCC(C)CC2)N1C.N#Cc1ccc(C2CCC2)cc1Cl. The molecular weight excluding hydrogens is 378 g/mol. The van der Waals surface area contributed by atoms with Gasteiger partial charge >= 0.3 is 0 Å². The lowest BCUT2D eigenvalue weighted by atomic mass is 9.80. The second kappa shape index (κ2) is 11.5. The summed E-state index contributed by atoms with van der Waals surface area (Å²) in [6, 6.07) is 7.84. The summed E-state index contributed by atoms with van der Waals surface area (Å²) < 4.78 is 0. The summed E-state index contributed by atoms with van der Waals surface area (Å²) in [5.41, 5.74) is 3.23. The second-order valence-corrected chi connectivity index (χ2v) is 8.91. The molecule has 0 bridgehead atoms. The molecule has 4 rings (SSSR count). The average molecular weight is 416 g/mol. The normalized spacial score (nSPS) is 25.9.